The van der Waals surface area contributed by atoms with Crippen molar-refractivity contribution in [1.29, 1.82) is 0 Å². The molecule has 2 heterocycles. The Labute approximate surface area is 119 Å². The molecule has 108 valence electrons. The van der Waals surface area contributed by atoms with E-state index in [0.717, 1.165) is 49.3 Å². The molecule has 0 aliphatic rings. The van der Waals surface area contributed by atoms with Crippen LogP contribution in [-0.4, -0.2) is 33.5 Å². The second-order valence-electron chi connectivity index (χ2n) is 4.84. The molecule has 2 aromatic heterocycles. The maximum atomic E-state index is 5.69. The first-order valence-corrected chi connectivity index (χ1v) is 7.05. The van der Waals surface area contributed by atoms with Gasteiger partial charge in [0.2, 0.25) is 11.8 Å². The van der Waals surface area contributed by atoms with Crippen LogP contribution >= 0.6 is 0 Å². The molecule has 0 aliphatic carbocycles. The molecule has 6 nitrogen and oxygen atoms in total. The molecule has 0 atom stereocenters. The van der Waals surface area contributed by atoms with Crippen molar-refractivity contribution >= 4 is 0 Å². The van der Waals surface area contributed by atoms with Crippen LogP contribution in [0, 0.1) is 13.8 Å². The van der Waals surface area contributed by atoms with E-state index in [-0.39, 0.29) is 0 Å². The Kier molecular flexibility index (Phi) is 5.17. The lowest BCUT2D eigenvalue weighted by atomic mass is 10.2. The zero-order valence-electron chi connectivity index (χ0n) is 12.3. The fourth-order valence-electron chi connectivity index (χ4n) is 1.90. The minimum absolute atomic E-state index is 0.525. The normalized spacial score (nSPS) is 10.9. The van der Waals surface area contributed by atoms with Crippen molar-refractivity contribution in [3.8, 4) is 11.5 Å². The molecular weight excluding hydrogens is 254 g/mol. The first kappa shape index (κ1) is 14.6. The smallest absolute Gasteiger partial charge is 0.249 e. The van der Waals surface area contributed by atoms with Crippen molar-refractivity contribution in [2.24, 2.45) is 0 Å². The van der Waals surface area contributed by atoms with Crippen LogP contribution in [0.25, 0.3) is 11.5 Å². The van der Waals surface area contributed by atoms with Gasteiger partial charge in [-0.15, -0.1) is 10.2 Å². The van der Waals surface area contributed by atoms with Crippen LogP contribution in [0.5, 0.6) is 0 Å². The molecule has 6 heteroatoms. The molecule has 0 unspecified atom stereocenters. The van der Waals surface area contributed by atoms with Crippen LogP contribution in [0.3, 0.4) is 0 Å². The largest absolute Gasteiger partial charge is 0.421 e. The standard InChI is InChI=1S/C14H21N5O/c1-4-7-15-8-5-6-13-18-19-14(20-13)12-9-10(2)16-17-11(12)3/h9,15H,4-8H2,1-3H3. The van der Waals surface area contributed by atoms with Gasteiger partial charge >= 0.3 is 0 Å². The van der Waals surface area contributed by atoms with Crippen molar-refractivity contribution in [2.45, 2.75) is 40.0 Å². The Hall–Kier alpha value is -1.82. The molecular formula is C14H21N5O. The minimum Gasteiger partial charge on any atom is -0.421 e. The van der Waals surface area contributed by atoms with Gasteiger partial charge in [0.1, 0.15) is 0 Å². The Morgan fingerprint density at radius 2 is 1.95 bits per heavy atom. The van der Waals surface area contributed by atoms with E-state index in [2.05, 4.69) is 32.6 Å². The summed E-state index contributed by atoms with van der Waals surface area (Å²) >= 11 is 0. The third-order valence-electron chi connectivity index (χ3n) is 2.97. The van der Waals surface area contributed by atoms with Crippen LogP contribution < -0.4 is 5.32 Å². The van der Waals surface area contributed by atoms with Crippen LogP contribution in [-0.2, 0) is 6.42 Å². The van der Waals surface area contributed by atoms with Gasteiger partial charge in [-0.1, -0.05) is 6.92 Å². The zero-order chi connectivity index (χ0) is 14.4. The van der Waals surface area contributed by atoms with E-state index in [1.807, 2.05) is 19.9 Å². The number of hydrogen-bond donors (Lipinski definition) is 1. The summed E-state index contributed by atoms with van der Waals surface area (Å²) in [6.45, 7) is 7.97. The summed E-state index contributed by atoms with van der Waals surface area (Å²) in [4.78, 5) is 0. The maximum absolute atomic E-state index is 5.69. The third kappa shape index (κ3) is 3.84. The predicted molar refractivity (Wildman–Crippen MR) is 76.3 cm³/mol. The quantitative estimate of drug-likeness (QED) is 0.780. The molecule has 0 spiro atoms. The second-order valence-corrected chi connectivity index (χ2v) is 4.84. The van der Waals surface area contributed by atoms with Crippen LogP contribution in [0.1, 0.15) is 37.0 Å². The molecule has 0 aromatic carbocycles. The second kappa shape index (κ2) is 7.09. The Morgan fingerprint density at radius 1 is 1.10 bits per heavy atom. The van der Waals surface area contributed by atoms with E-state index in [1.165, 1.54) is 0 Å². The highest BCUT2D eigenvalue weighted by molar-refractivity contribution is 5.55. The van der Waals surface area contributed by atoms with E-state index in [1.54, 1.807) is 0 Å². The first-order chi connectivity index (χ1) is 9.70. The lowest BCUT2D eigenvalue weighted by Gasteiger charge is -2.00. The minimum atomic E-state index is 0.525. The van der Waals surface area contributed by atoms with E-state index >= 15 is 0 Å². The number of hydrogen-bond acceptors (Lipinski definition) is 6. The Balaban J connectivity index is 1.96. The van der Waals surface area contributed by atoms with Crippen LogP contribution in [0.2, 0.25) is 0 Å². The molecule has 1 N–H and O–H groups in total. The molecule has 0 saturated carbocycles. The van der Waals surface area contributed by atoms with Gasteiger partial charge in [-0.05, 0) is 45.8 Å². The molecule has 2 rings (SSSR count). The molecule has 20 heavy (non-hydrogen) atoms. The number of aromatic nitrogens is 4. The Morgan fingerprint density at radius 3 is 2.75 bits per heavy atom. The summed E-state index contributed by atoms with van der Waals surface area (Å²) < 4.78 is 5.69. The number of nitrogens with one attached hydrogen (secondary N) is 1. The molecule has 2 aromatic rings. The van der Waals surface area contributed by atoms with Crippen molar-refractivity contribution in [3.05, 3.63) is 23.3 Å². The summed E-state index contributed by atoms with van der Waals surface area (Å²) in [6.07, 6.45) is 2.94. The van der Waals surface area contributed by atoms with Crippen LogP contribution in [0.4, 0.5) is 0 Å². The monoisotopic (exact) mass is 275 g/mol. The van der Waals surface area contributed by atoms with Crippen molar-refractivity contribution in [1.82, 2.24) is 25.7 Å². The summed E-state index contributed by atoms with van der Waals surface area (Å²) in [5, 5.41) is 19.6. The van der Waals surface area contributed by atoms with E-state index < -0.39 is 0 Å². The topological polar surface area (TPSA) is 76.7 Å². The van der Waals surface area contributed by atoms with Crippen LogP contribution in [0.15, 0.2) is 10.5 Å². The number of nitrogens with zero attached hydrogens (tertiary/aromatic N) is 4. The van der Waals surface area contributed by atoms with E-state index in [9.17, 15) is 0 Å². The van der Waals surface area contributed by atoms with Gasteiger partial charge < -0.3 is 9.73 Å². The lowest BCUT2D eigenvalue weighted by Crippen LogP contribution is -2.16. The highest BCUT2D eigenvalue weighted by Gasteiger charge is 2.12. The SMILES string of the molecule is CCCNCCCc1nnc(-c2cc(C)nnc2C)o1. The number of aryl methyl sites for hydroxylation is 3. The maximum Gasteiger partial charge on any atom is 0.249 e. The molecule has 0 saturated heterocycles. The van der Waals surface area contributed by atoms with Gasteiger partial charge in [0, 0.05) is 6.42 Å². The first-order valence-electron chi connectivity index (χ1n) is 7.05. The predicted octanol–water partition coefficient (Wildman–Crippen LogP) is 2.08. The summed E-state index contributed by atoms with van der Waals surface area (Å²) in [5.74, 6) is 1.20. The summed E-state index contributed by atoms with van der Waals surface area (Å²) in [5.41, 5.74) is 2.50. The van der Waals surface area contributed by atoms with Gasteiger partial charge in [0.25, 0.3) is 0 Å². The van der Waals surface area contributed by atoms with Gasteiger partial charge in [0.15, 0.2) is 0 Å². The average molecular weight is 275 g/mol. The highest BCUT2D eigenvalue weighted by atomic mass is 16.4. The van der Waals surface area contributed by atoms with Gasteiger partial charge in [-0.2, -0.15) is 10.2 Å². The molecule has 0 fully saturated rings. The summed E-state index contributed by atoms with van der Waals surface area (Å²) in [7, 11) is 0. The average Bonchev–Trinajstić information content (AvgIpc) is 2.90. The molecule has 0 aliphatic heterocycles. The molecule has 0 amide bonds. The fraction of sp³-hybridized carbons (Fsp3) is 0.571. The number of rotatable bonds is 7. The van der Waals surface area contributed by atoms with Crippen molar-refractivity contribution in [2.75, 3.05) is 13.1 Å². The van der Waals surface area contributed by atoms with Crippen molar-refractivity contribution in [3.63, 3.8) is 0 Å². The lowest BCUT2D eigenvalue weighted by molar-refractivity contribution is 0.490. The Bertz CT molecular complexity index is 552. The van der Waals surface area contributed by atoms with Gasteiger partial charge in [-0.25, -0.2) is 0 Å². The van der Waals surface area contributed by atoms with E-state index in [0.29, 0.717) is 11.8 Å². The molecule has 0 bridgehead atoms. The van der Waals surface area contributed by atoms with Gasteiger partial charge in [0.05, 0.1) is 17.0 Å². The summed E-state index contributed by atoms with van der Waals surface area (Å²) in [6, 6.07) is 1.92. The third-order valence-corrected chi connectivity index (χ3v) is 2.97. The molecule has 0 radical (unpaired) electrons. The highest BCUT2D eigenvalue weighted by Crippen LogP contribution is 2.20. The fourth-order valence-corrected chi connectivity index (χ4v) is 1.90. The zero-order valence-corrected chi connectivity index (χ0v) is 12.3. The van der Waals surface area contributed by atoms with E-state index in [4.69, 9.17) is 4.42 Å². The van der Waals surface area contributed by atoms with Gasteiger partial charge in [-0.3, -0.25) is 0 Å². The van der Waals surface area contributed by atoms with Crippen molar-refractivity contribution < 1.29 is 4.42 Å².